The molecule has 2 aromatic carbocycles. The molecular formula is C22H28N2O2. The van der Waals surface area contributed by atoms with Crippen LogP contribution in [0.25, 0.3) is 0 Å². The fraction of sp³-hybridized carbons (Fsp3) is 0.364. The molecule has 2 rings (SSSR count). The second-order valence-corrected chi connectivity index (χ2v) is 6.93. The Labute approximate surface area is 156 Å². The number of anilines is 1. The number of carbonyl (C=O) groups is 2. The molecule has 0 radical (unpaired) electrons. The van der Waals surface area contributed by atoms with Gasteiger partial charge >= 0.3 is 0 Å². The molecule has 0 atom stereocenters. The summed E-state index contributed by atoms with van der Waals surface area (Å²) in [5.74, 6) is 0.326. The monoisotopic (exact) mass is 352 g/mol. The van der Waals surface area contributed by atoms with Gasteiger partial charge in [0, 0.05) is 32.1 Å². The summed E-state index contributed by atoms with van der Waals surface area (Å²) in [6.07, 6.45) is 0.275. The summed E-state index contributed by atoms with van der Waals surface area (Å²) in [6, 6.07) is 16.0. The summed E-state index contributed by atoms with van der Waals surface area (Å²) < 4.78 is 0. The zero-order valence-electron chi connectivity index (χ0n) is 16.1. The smallest absolute Gasteiger partial charge is 0.223 e. The number of nitrogens with one attached hydrogen (secondary N) is 1. The first-order chi connectivity index (χ1) is 12.4. The zero-order valence-corrected chi connectivity index (χ0v) is 16.1. The maximum atomic E-state index is 12.2. The molecule has 0 spiro atoms. The molecule has 4 heteroatoms. The van der Waals surface area contributed by atoms with Crippen LogP contribution in [-0.2, 0) is 16.1 Å². The van der Waals surface area contributed by atoms with Crippen molar-refractivity contribution in [1.82, 2.24) is 5.32 Å². The van der Waals surface area contributed by atoms with Gasteiger partial charge < -0.3 is 10.2 Å². The highest BCUT2D eigenvalue weighted by Crippen LogP contribution is 2.20. The Morgan fingerprint density at radius 1 is 1.08 bits per heavy atom. The van der Waals surface area contributed by atoms with Crippen LogP contribution in [0.4, 0.5) is 5.69 Å². The summed E-state index contributed by atoms with van der Waals surface area (Å²) in [7, 11) is 0. The van der Waals surface area contributed by atoms with E-state index < -0.39 is 0 Å². The lowest BCUT2D eigenvalue weighted by atomic mass is 10.0. The topological polar surface area (TPSA) is 49.4 Å². The third-order valence-electron chi connectivity index (χ3n) is 4.39. The van der Waals surface area contributed by atoms with E-state index in [-0.39, 0.29) is 18.2 Å². The van der Waals surface area contributed by atoms with Crippen molar-refractivity contribution in [3.8, 4) is 0 Å². The number of hydrogen-bond acceptors (Lipinski definition) is 2. The summed E-state index contributed by atoms with van der Waals surface area (Å²) >= 11 is 0. The van der Waals surface area contributed by atoms with E-state index in [9.17, 15) is 9.59 Å². The standard InChI is InChI=1S/C22H28N2O2/c1-16(2)20-8-10-21(11-9-20)24(18(4)25)13-12-22(26)23-15-19-7-5-6-17(3)14-19/h5-11,14,16H,12-13,15H2,1-4H3,(H,23,26). The second-order valence-electron chi connectivity index (χ2n) is 6.93. The summed E-state index contributed by atoms with van der Waals surface area (Å²) in [6.45, 7) is 8.70. The van der Waals surface area contributed by atoms with Gasteiger partial charge in [0.2, 0.25) is 11.8 Å². The lowest BCUT2D eigenvalue weighted by molar-refractivity contribution is -0.121. The molecule has 0 unspecified atom stereocenters. The van der Waals surface area contributed by atoms with E-state index in [2.05, 4.69) is 25.2 Å². The molecule has 2 amide bonds. The van der Waals surface area contributed by atoms with Gasteiger partial charge in [0.25, 0.3) is 0 Å². The molecule has 0 aliphatic heterocycles. The summed E-state index contributed by atoms with van der Waals surface area (Å²) in [5, 5.41) is 2.92. The van der Waals surface area contributed by atoms with Crippen LogP contribution in [0.2, 0.25) is 0 Å². The molecule has 0 saturated heterocycles. The molecule has 1 N–H and O–H groups in total. The average molecular weight is 352 g/mol. The third-order valence-corrected chi connectivity index (χ3v) is 4.39. The minimum absolute atomic E-state index is 0.0587. The van der Waals surface area contributed by atoms with Gasteiger partial charge in [0.1, 0.15) is 0 Å². The van der Waals surface area contributed by atoms with Crippen LogP contribution in [0.1, 0.15) is 49.8 Å². The van der Waals surface area contributed by atoms with Crippen molar-refractivity contribution in [2.45, 2.75) is 46.6 Å². The third kappa shape index (κ3) is 5.73. The van der Waals surface area contributed by atoms with E-state index in [1.807, 2.05) is 49.4 Å². The van der Waals surface area contributed by atoms with Crippen LogP contribution in [0.3, 0.4) is 0 Å². The Morgan fingerprint density at radius 3 is 2.35 bits per heavy atom. The molecule has 138 valence electrons. The molecule has 0 saturated carbocycles. The Hall–Kier alpha value is -2.62. The van der Waals surface area contributed by atoms with E-state index in [0.717, 1.165) is 11.3 Å². The Kier molecular flexibility index (Phi) is 6.96. The number of benzene rings is 2. The zero-order chi connectivity index (χ0) is 19.1. The van der Waals surface area contributed by atoms with Crippen LogP contribution in [0.15, 0.2) is 48.5 Å². The summed E-state index contributed by atoms with van der Waals surface area (Å²) in [4.78, 5) is 25.8. The molecular weight excluding hydrogens is 324 g/mol. The molecule has 0 fully saturated rings. The van der Waals surface area contributed by atoms with Crippen molar-refractivity contribution in [3.05, 3.63) is 65.2 Å². The Morgan fingerprint density at radius 2 is 1.77 bits per heavy atom. The number of amides is 2. The van der Waals surface area contributed by atoms with Crippen LogP contribution in [0, 0.1) is 6.92 Å². The van der Waals surface area contributed by atoms with Gasteiger partial charge in [-0.25, -0.2) is 0 Å². The largest absolute Gasteiger partial charge is 0.352 e. The lowest BCUT2D eigenvalue weighted by Crippen LogP contribution is -2.33. The number of carbonyl (C=O) groups excluding carboxylic acids is 2. The molecule has 0 aliphatic carbocycles. The molecule has 4 nitrogen and oxygen atoms in total. The SMILES string of the molecule is CC(=O)N(CCC(=O)NCc1cccc(C)c1)c1ccc(C(C)C)cc1. The first kappa shape index (κ1) is 19.7. The van der Waals surface area contributed by atoms with Crippen molar-refractivity contribution >= 4 is 17.5 Å². The van der Waals surface area contributed by atoms with Crippen molar-refractivity contribution in [2.75, 3.05) is 11.4 Å². The highest BCUT2D eigenvalue weighted by Gasteiger charge is 2.13. The molecule has 0 aromatic heterocycles. The predicted octanol–water partition coefficient (Wildman–Crippen LogP) is 4.18. The van der Waals surface area contributed by atoms with Crippen molar-refractivity contribution < 1.29 is 9.59 Å². The number of aryl methyl sites for hydroxylation is 1. The van der Waals surface area contributed by atoms with Gasteiger partial charge in [-0.1, -0.05) is 55.8 Å². The van der Waals surface area contributed by atoms with Crippen LogP contribution in [0.5, 0.6) is 0 Å². The van der Waals surface area contributed by atoms with E-state index in [1.54, 1.807) is 4.90 Å². The van der Waals surface area contributed by atoms with Crippen molar-refractivity contribution in [3.63, 3.8) is 0 Å². The van der Waals surface area contributed by atoms with Gasteiger partial charge in [0.15, 0.2) is 0 Å². The van der Waals surface area contributed by atoms with Crippen LogP contribution >= 0.6 is 0 Å². The van der Waals surface area contributed by atoms with Crippen molar-refractivity contribution in [1.29, 1.82) is 0 Å². The van der Waals surface area contributed by atoms with E-state index >= 15 is 0 Å². The van der Waals surface area contributed by atoms with Crippen molar-refractivity contribution in [2.24, 2.45) is 0 Å². The maximum absolute atomic E-state index is 12.2. The number of rotatable bonds is 7. The first-order valence-corrected chi connectivity index (χ1v) is 9.07. The fourth-order valence-electron chi connectivity index (χ4n) is 2.83. The molecule has 26 heavy (non-hydrogen) atoms. The van der Waals surface area contributed by atoms with Gasteiger partial charge in [-0.15, -0.1) is 0 Å². The second kappa shape index (κ2) is 9.18. The van der Waals surface area contributed by atoms with E-state index in [0.29, 0.717) is 19.0 Å². The minimum atomic E-state index is -0.0613. The lowest BCUT2D eigenvalue weighted by Gasteiger charge is -2.21. The molecule has 0 heterocycles. The van der Waals surface area contributed by atoms with Gasteiger partial charge in [-0.3, -0.25) is 9.59 Å². The van der Waals surface area contributed by atoms with E-state index in [1.165, 1.54) is 18.1 Å². The minimum Gasteiger partial charge on any atom is -0.352 e. The molecule has 2 aromatic rings. The van der Waals surface area contributed by atoms with Gasteiger partial charge in [-0.05, 0) is 36.1 Å². The number of nitrogens with zero attached hydrogens (tertiary/aromatic N) is 1. The predicted molar refractivity (Wildman–Crippen MR) is 106 cm³/mol. The highest BCUT2D eigenvalue weighted by atomic mass is 16.2. The Bertz CT molecular complexity index is 751. The molecule has 0 aliphatic rings. The fourth-order valence-corrected chi connectivity index (χ4v) is 2.83. The van der Waals surface area contributed by atoms with E-state index in [4.69, 9.17) is 0 Å². The quantitative estimate of drug-likeness (QED) is 0.813. The Balaban J connectivity index is 1.91. The first-order valence-electron chi connectivity index (χ1n) is 9.07. The average Bonchev–Trinajstić information content (AvgIpc) is 2.60. The maximum Gasteiger partial charge on any atom is 0.223 e. The van der Waals surface area contributed by atoms with Crippen LogP contribution < -0.4 is 10.2 Å². The van der Waals surface area contributed by atoms with Gasteiger partial charge in [-0.2, -0.15) is 0 Å². The van der Waals surface area contributed by atoms with Crippen LogP contribution in [-0.4, -0.2) is 18.4 Å². The number of hydrogen-bond donors (Lipinski definition) is 1. The normalized spacial score (nSPS) is 10.7. The summed E-state index contributed by atoms with van der Waals surface area (Å²) in [5.41, 5.74) is 4.30. The molecule has 0 bridgehead atoms. The van der Waals surface area contributed by atoms with Gasteiger partial charge in [0.05, 0.1) is 0 Å². The highest BCUT2D eigenvalue weighted by molar-refractivity contribution is 5.92.